The van der Waals surface area contributed by atoms with E-state index in [-0.39, 0.29) is 0 Å². The van der Waals surface area contributed by atoms with Crippen LogP contribution in [-0.2, 0) is 6.54 Å². The molecule has 0 unspecified atom stereocenters. The first-order valence-corrected chi connectivity index (χ1v) is 6.54. The van der Waals surface area contributed by atoms with E-state index in [2.05, 4.69) is 52.3 Å². The van der Waals surface area contributed by atoms with Gasteiger partial charge in [0, 0.05) is 22.3 Å². The van der Waals surface area contributed by atoms with E-state index in [0.29, 0.717) is 0 Å². The molecule has 2 aromatic rings. The fourth-order valence-electron chi connectivity index (χ4n) is 1.74. The molecule has 90 valence electrons. The highest BCUT2D eigenvalue weighted by molar-refractivity contribution is 9.10. The molecule has 0 bridgehead atoms. The predicted molar refractivity (Wildman–Crippen MR) is 80.6 cm³/mol. The highest BCUT2D eigenvalue weighted by Gasteiger charge is 1.98. The number of hydrogen-bond acceptors (Lipinski definition) is 1. The van der Waals surface area contributed by atoms with Gasteiger partial charge in [-0.1, -0.05) is 40.0 Å². The van der Waals surface area contributed by atoms with Gasteiger partial charge in [0.15, 0.2) is 0 Å². The third-order valence-corrected chi connectivity index (χ3v) is 3.64. The third-order valence-electron chi connectivity index (χ3n) is 2.75. The van der Waals surface area contributed by atoms with Crippen LogP contribution < -0.4 is 5.32 Å². The van der Waals surface area contributed by atoms with Crippen molar-refractivity contribution in [2.75, 3.05) is 5.32 Å². The van der Waals surface area contributed by atoms with E-state index in [4.69, 9.17) is 6.42 Å². The molecule has 2 aromatic carbocycles. The minimum absolute atomic E-state index is 0.794. The maximum Gasteiger partial charge on any atom is 0.0400 e. The second-order valence-corrected chi connectivity index (χ2v) is 5.02. The molecule has 0 saturated heterocycles. The summed E-state index contributed by atoms with van der Waals surface area (Å²) >= 11 is 3.50. The lowest BCUT2D eigenvalue weighted by atomic mass is 10.1. The van der Waals surface area contributed by atoms with Crippen molar-refractivity contribution >= 4 is 21.6 Å². The third kappa shape index (κ3) is 3.15. The van der Waals surface area contributed by atoms with Crippen molar-refractivity contribution < 1.29 is 0 Å². The van der Waals surface area contributed by atoms with Gasteiger partial charge in [0.1, 0.15) is 0 Å². The standard InChI is InChI=1S/C16H14BrN/c1-3-13-5-4-6-15(10-13)18-11-14-7-8-16(17)12(2)9-14/h1,4-10,18H,11H2,2H3. The number of rotatable bonds is 3. The Balaban J connectivity index is 2.07. The van der Waals surface area contributed by atoms with Crippen LogP contribution in [0.25, 0.3) is 0 Å². The first-order valence-electron chi connectivity index (χ1n) is 5.74. The summed E-state index contributed by atoms with van der Waals surface area (Å²) in [6, 6.07) is 14.2. The SMILES string of the molecule is C#Cc1cccc(NCc2ccc(Br)c(C)c2)c1. The molecule has 0 radical (unpaired) electrons. The number of nitrogens with one attached hydrogen (secondary N) is 1. The van der Waals surface area contributed by atoms with Crippen LogP contribution >= 0.6 is 15.9 Å². The summed E-state index contributed by atoms with van der Waals surface area (Å²) in [5, 5.41) is 3.37. The number of benzene rings is 2. The first kappa shape index (κ1) is 12.7. The van der Waals surface area contributed by atoms with Crippen LogP contribution in [0.4, 0.5) is 5.69 Å². The fraction of sp³-hybridized carbons (Fsp3) is 0.125. The molecule has 0 spiro atoms. The highest BCUT2D eigenvalue weighted by Crippen LogP contribution is 2.18. The topological polar surface area (TPSA) is 12.0 Å². The van der Waals surface area contributed by atoms with Gasteiger partial charge in [0.2, 0.25) is 0 Å². The van der Waals surface area contributed by atoms with Crippen LogP contribution in [0.2, 0.25) is 0 Å². The van der Waals surface area contributed by atoms with Crippen LogP contribution in [0, 0.1) is 19.3 Å². The maximum absolute atomic E-state index is 5.38. The zero-order valence-corrected chi connectivity index (χ0v) is 11.8. The summed E-state index contributed by atoms with van der Waals surface area (Å²) < 4.78 is 1.14. The summed E-state index contributed by atoms with van der Waals surface area (Å²) in [4.78, 5) is 0. The summed E-state index contributed by atoms with van der Waals surface area (Å²) in [7, 11) is 0. The van der Waals surface area contributed by atoms with Gasteiger partial charge >= 0.3 is 0 Å². The Morgan fingerprint density at radius 3 is 2.78 bits per heavy atom. The van der Waals surface area contributed by atoms with Gasteiger partial charge in [0.05, 0.1) is 0 Å². The zero-order valence-electron chi connectivity index (χ0n) is 10.2. The van der Waals surface area contributed by atoms with Crippen molar-refractivity contribution in [1.29, 1.82) is 0 Å². The van der Waals surface area contributed by atoms with Gasteiger partial charge in [-0.2, -0.15) is 0 Å². The van der Waals surface area contributed by atoms with Gasteiger partial charge in [-0.25, -0.2) is 0 Å². The van der Waals surface area contributed by atoms with Crippen molar-refractivity contribution in [2.24, 2.45) is 0 Å². The normalized spacial score (nSPS) is 9.83. The molecule has 0 aliphatic heterocycles. The molecule has 2 heteroatoms. The highest BCUT2D eigenvalue weighted by atomic mass is 79.9. The van der Waals surface area contributed by atoms with E-state index in [9.17, 15) is 0 Å². The molecule has 0 atom stereocenters. The number of anilines is 1. The largest absolute Gasteiger partial charge is 0.381 e. The second-order valence-electron chi connectivity index (χ2n) is 4.16. The van der Waals surface area contributed by atoms with E-state index < -0.39 is 0 Å². The quantitative estimate of drug-likeness (QED) is 0.831. The van der Waals surface area contributed by atoms with Gasteiger partial charge in [-0.05, 0) is 42.3 Å². The van der Waals surface area contributed by atoms with E-state index in [1.807, 2.05) is 24.3 Å². The lowest BCUT2D eigenvalue weighted by Gasteiger charge is -2.08. The second kappa shape index (κ2) is 5.75. The average molecular weight is 300 g/mol. The maximum atomic E-state index is 5.38. The molecule has 0 aromatic heterocycles. The van der Waals surface area contributed by atoms with Crippen LogP contribution in [0.3, 0.4) is 0 Å². The summed E-state index contributed by atoms with van der Waals surface area (Å²) in [5.74, 6) is 2.64. The van der Waals surface area contributed by atoms with Gasteiger partial charge in [-0.15, -0.1) is 6.42 Å². The monoisotopic (exact) mass is 299 g/mol. The van der Waals surface area contributed by atoms with E-state index in [1.165, 1.54) is 11.1 Å². The first-order chi connectivity index (χ1) is 8.69. The van der Waals surface area contributed by atoms with Crippen LogP contribution in [0.15, 0.2) is 46.9 Å². The number of terminal acetylenes is 1. The minimum Gasteiger partial charge on any atom is -0.381 e. The Labute approximate surface area is 116 Å². The number of aryl methyl sites for hydroxylation is 1. The average Bonchev–Trinajstić information content (AvgIpc) is 2.40. The van der Waals surface area contributed by atoms with E-state index in [1.54, 1.807) is 0 Å². The smallest absolute Gasteiger partial charge is 0.0400 e. The Hall–Kier alpha value is -1.72. The molecule has 2 rings (SSSR count). The van der Waals surface area contributed by atoms with Crippen LogP contribution in [-0.4, -0.2) is 0 Å². The number of halogens is 1. The minimum atomic E-state index is 0.794. The molecule has 0 fully saturated rings. The van der Waals surface area contributed by atoms with Crippen molar-refractivity contribution in [3.63, 3.8) is 0 Å². The molecule has 0 saturated carbocycles. The zero-order chi connectivity index (χ0) is 13.0. The molecular formula is C16H14BrN. The Bertz CT molecular complexity index is 596. The van der Waals surface area contributed by atoms with Gasteiger partial charge in [0.25, 0.3) is 0 Å². The van der Waals surface area contributed by atoms with Gasteiger partial charge in [-0.3, -0.25) is 0 Å². The summed E-state index contributed by atoms with van der Waals surface area (Å²) in [5.41, 5.74) is 4.44. The van der Waals surface area contributed by atoms with Gasteiger partial charge < -0.3 is 5.32 Å². The molecule has 0 amide bonds. The Morgan fingerprint density at radius 1 is 1.22 bits per heavy atom. The lowest BCUT2D eigenvalue weighted by Crippen LogP contribution is -1.99. The van der Waals surface area contributed by atoms with E-state index in [0.717, 1.165) is 22.3 Å². The van der Waals surface area contributed by atoms with Crippen molar-refractivity contribution in [3.05, 3.63) is 63.6 Å². The number of hydrogen-bond donors (Lipinski definition) is 1. The lowest BCUT2D eigenvalue weighted by molar-refractivity contribution is 1.14. The summed E-state index contributed by atoms with van der Waals surface area (Å²) in [6.45, 7) is 2.88. The molecule has 1 N–H and O–H groups in total. The molecule has 0 heterocycles. The Kier molecular flexibility index (Phi) is 4.07. The van der Waals surface area contributed by atoms with Crippen LogP contribution in [0.5, 0.6) is 0 Å². The summed E-state index contributed by atoms with van der Waals surface area (Å²) in [6.07, 6.45) is 5.38. The molecule has 1 nitrogen and oxygen atoms in total. The van der Waals surface area contributed by atoms with Crippen molar-refractivity contribution in [3.8, 4) is 12.3 Å². The molecule has 0 aliphatic rings. The van der Waals surface area contributed by atoms with Crippen molar-refractivity contribution in [2.45, 2.75) is 13.5 Å². The molecule has 0 aliphatic carbocycles. The Morgan fingerprint density at radius 2 is 2.06 bits per heavy atom. The molecule has 18 heavy (non-hydrogen) atoms. The molecular weight excluding hydrogens is 286 g/mol. The fourth-order valence-corrected chi connectivity index (χ4v) is 1.99. The predicted octanol–water partition coefficient (Wildman–Crippen LogP) is 4.35. The van der Waals surface area contributed by atoms with Crippen LogP contribution in [0.1, 0.15) is 16.7 Å². The van der Waals surface area contributed by atoms with E-state index >= 15 is 0 Å². The van der Waals surface area contributed by atoms with Crippen molar-refractivity contribution in [1.82, 2.24) is 0 Å².